The fourth-order valence-corrected chi connectivity index (χ4v) is 4.43. The summed E-state index contributed by atoms with van der Waals surface area (Å²) in [5, 5.41) is 10.4. The molecule has 7 nitrogen and oxygen atoms in total. The van der Waals surface area contributed by atoms with E-state index in [2.05, 4.69) is 11.9 Å². The quantitative estimate of drug-likeness (QED) is 0.267. The molecule has 2 aromatic carbocycles. The zero-order chi connectivity index (χ0) is 25.9. The smallest absolute Gasteiger partial charge is 0.333 e. The van der Waals surface area contributed by atoms with Crippen LogP contribution in [0.3, 0.4) is 0 Å². The molecule has 0 saturated heterocycles. The van der Waals surface area contributed by atoms with Gasteiger partial charge in [-0.15, -0.1) is 0 Å². The Morgan fingerprint density at radius 3 is 2.39 bits per heavy atom. The molecule has 0 radical (unpaired) electrons. The lowest BCUT2D eigenvalue weighted by molar-refractivity contribution is -0.152. The number of rotatable bonds is 15. The lowest BCUT2D eigenvalue weighted by Gasteiger charge is -2.24. The number of para-hydroxylation sites is 1. The number of carbonyl (C=O) groups is 1. The number of aromatic nitrogens is 2. The molecule has 1 heterocycles. The van der Waals surface area contributed by atoms with Crippen molar-refractivity contribution in [2.24, 2.45) is 7.05 Å². The van der Waals surface area contributed by atoms with Crippen molar-refractivity contribution in [2.45, 2.75) is 77.4 Å². The molecule has 0 spiro atoms. The maximum Gasteiger partial charge on any atom is 0.333 e. The fourth-order valence-electron chi connectivity index (χ4n) is 4.43. The van der Waals surface area contributed by atoms with E-state index < -0.39 is 12.1 Å². The highest BCUT2D eigenvalue weighted by atomic mass is 16.5. The second-order valence-electron chi connectivity index (χ2n) is 9.18. The van der Waals surface area contributed by atoms with Crippen LogP contribution in [0.2, 0.25) is 0 Å². The standard InChI is InChI=1S/C29H38N2O5/c1-4-6-7-8-9-12-19-35-27(29(33)34)23(5-2)21-15-17-22(18-16-21)36-20-26-30-25-14-11-10-13-24(25)28(32)31(26)3/h10-11,13-18,23,27H,4-9,12,19-20H2,1-3H3,(H,33,34). The second kappa shape index (κ2) is 13.8. The molecule has 1 N–H and O–H groups in total. The Bertz CT molecular complexity index is 1170. The third kappa shape index (κ3) is 7.17. The van der Waals surface area contributed by atoms with Gasteiger partial charge in [0.2, 0.25) is 0 Å². The third-order valence-electron chi connectivity index (χ3n) is 6.60. The summed E-state index contributed by atoms with van der Waals surface area (Å²) in [4.78, 5) is 29.1. The summed E-state index contributed by atoms with van der Waals surface area (Å²) in [5.74, 6) is -0.0322. The molecule has 2 unspecified atom stereocenters. The molecular formula is C29H38N2O5. The molecule has 0 amide bonds. The molecule has 0 bridgehead atoms. The molecule has 7 heteroatoms. The van der Waals surface area contributed by atoms with E-state index in [9.17, 15) is 14.7 Å². The van der Waals surface area contributed by atoms with Crippen LogP contribution in [-0.2, 0) is 23.2 Å². The maximum atomic E-state index is 12.6. The lowest BCUT2D eigenvalue weighted by atomic mass is 9.90. The van der Waals surface area contributed by atoms with Crippen molar-refractivity contribution < 1.29 is 19.4 Å². The van der Waals surface area contributed by atoms with Gasteiger partial charge in [0.1, 0.15) is 18.2 Å². The Morgan fingerprint density at radius 2 is 1.69 bits per heavy atom. The molecule has 0 aliphatic heterocycles. The summed E-state index contributed by atoms with van der Waals surface area (Å²) in [7, 11) is 1.69. The van der Waals surface area contributed by atoms with Crippen LogP contribution in [-0.4, -0.2) is 33.3 Å². The van der Waals surface area contributed by atoms with Gasteiger partial charge in [-0.1, -0.05) is 70.2 Å². The first-order chi connectivity index (χ1) is 17.5. The molecular weight excluding hydrogens is 456 g/mol. The molecule has 0 aliphatic carbocycles. The number of unbranched alkanes of at least 4 members (excludes halogenated alkanes) is 5. The highest BCUT2D eigenvalue weighted by molar-refractivity contribution is 5.77. The highest BCUT2D eigenvalue weighted by Gasteiger charge is 2.29. The van der Waals surface area contributed by atoms with Gasteiger partial charge in [-0.3, -0.25) is 9.36 Å². The number of nitrogens with zero attached hydrogens (tertiary/aromatic N) is 2. The van der Waals surface area contributed by atoms with Gasteiger partial charge in [0.25, 0.3) is 5.56 Å². The second-order valence-corrected chi connectivity index (χ2v) is 9.18. The Balaban J connectivity index is 1.61. The minimum atomic E-state index is -0.934. The van der Waals surface area contributed by atoms with Gasteiger partial charge in [0.15, 0.2) is 6.10 Å². The molecule has 0 aliphatic rings. The average Bonchev–Trinajstić information content (AvgIpc) is 2.89. The summed E-state index contributed by atoms with van der Waals surface area (Å²) in [6.07, 6.45) is 6.54. The Morgan fingerprint density at radius 1 is 1.00 bits per heavy atom. The predicted octanol–water partition coefficient (Wildman–Crippen LogP) is 5.84. The van der Waals surface area contributed by atoms with Crippen LogP contribution in [0.5, 0.6) is 5.75 Å². The van der Waals surface area contributed by atoms with Gasteiger partial charge in [0.05, 0.1) is 10.9 Å². The number of hydrogen-bond acceptors (Lipinski definition) is 5. The summed E-state index contributed by atoms with van der Waals surface area (Å²) in [6, 6.07) is 14.7. The Labute approximate surface area is 213 Å². The first-order valence-corrected chi connectivity index (χ1v) is 13.0. The van der Waals surface area contributed by atoms with Crippen LogP contribution in [0.4, 0.5) is 0 Å². The van der Waals surface area contributed by atoms with Crippen molar-refractivity contribution in [1.82, 2.24) is 9.55 Å². The first kappa shape index (κ1) is 27.4. The van der Waals surface area contributed by atoms with E-state index in [-0.39, 0.29) is 18.1 Å². The fraction of sp³-hybridized carbons (Fsp3) is 0.483. The SMILES string of the molecule is CCCCCCCCOC(C(=O)O)C(CC)c1ccc(OCc2nc3ccccc3c(=O)n2C)cc1. The van der Waals surface area contributed by atoms with Crippen molar-refractivity contribution in [3.8, 4) is 5.75 Å². The number of carboxylic acid groups (broad SMARTS) is 1. The van der Waals surface area contributed by atoms with E-state index in [1.807, 2.05) is 49.4 Å². The number of carboxylic acids is 1. The highest BCUT2D eigenvalue weighted by Crippen LogP contribution is 2.28. The van der Waals surface area contributed by atoms with Gasteiger partial charge < -0.3 is 14.6 Å². The Kier molecular flexibility index (Phi) is 10.5. The number of hydrogen-bond donors (Lipinski definition) is 1. The van der Waals surface area contributed by atoms with Crippen LogP contribution in [0.25, 0.3) is 10.9 Å². The van der Waals surface area contributed by atoms with Gasteiger partial charge in [-0.25, -0.2) is 9.78 Å². The van der Waals surface area contributed by atoms with Crippen LogP contribution in [0, 0.1) is 0 Å². The van der Waals surface area contributed by atoms with Crippen molar-refractivity contribution in [1.29, 1.82) is 0 Å². The Hall–Kier alpha value is -3.19. The van der Waals surface area contributed by atoms with Crippen LogP contribution >= 0.6 is 0 Å². The van der Waals surface area contributed by atoms with Gasteiger partial charge >= 0.3 is 5.97 Å². The van der Waals surface area contributed by atoms with Gasteiger partial charge in [-0.05, 0) is 42.7 Å². The van der Waals surface area contributed by atoms with E-state index in [1.54, 1.807) is 13.1 Å². The van der Waals surface area contributed by atoms with E-state index in [0.29, 0.717) is 35.5 Å². The molecule has 3 aromatic rings. The zero-order valence-corrected chi connectivity index (χ0v) is 21.6. The monoisotopic (exact) mass is 494 g/mol. The third-order valence-corrected chi connectivity index (χ3v) is 6.60. The number of aliphatic carboxylic acids is 1. The molecule has 36 heavy (non-hydrogen) atoms. The number of benzene rings is 2. The summed E-state index contributed by atoms with van der Waals surface area (Å²) >= 11 is 0. The topological polar surface area (TPSA) is 90.7 Å². The van der Waals surface area contributed by atoms with Gasteiger partial charge in [0, 0.05) is 19.6 Å². The molecule has 1 aromatic heterocycles. The molecule has 3 rings (SSSR count). The largest absolute Gasteiger partial charge is 0.486 e. The van der Waals surface area contributed by atoms with E-state index in [0.717, 1.165) is 24.8 Å². The number of ether oxygens (including phenoxy) is 2. The van der Waals surface area contributed by atoms with Crippen LogP contribution in [0.1, 0.15) is 76.1 Å². The summed E-state index contributed by atoms with van der Waals surface area (Å²) < 4.78 is 13.2. The van der Waals surface area contributed by atoms with Crippen molar-refractivity contribution >= 4 is 16.9 Å². The minimum absolute atomic E-state index is 0.110. The first-order valence-electron chi connectivity index (χ1n) is 13.0. The molecule has 2 atom stereocenters. The van der Waals surface area contributed by atoms with Crippen molar-refractivity contribution in [2.75, 3.05) is 6.61 Å². The zero-order valence-electron chi connectivity index (χ0n) is 21.6. The molecule has 0 fully saturated rings. The lowest BCUT2D eigenvalue weighted by Crippen LogP contribution is -2.31. The van der Waals surface area contributed by atoms with Crippen LogP contribution < -0.4 is 10.3 Å². The van der Waals surface area contributed by atoms with Crippen molar-refractivity contribution in [3.63, 3.8) is 0 Å². The van der Waals surface area contributed by atoms with E-state index >= 15 is 0 Å². The van der Waals surface area contributed by atoms with Gasteiger partial charge in [-0.2, -0.15) is 0 Å². The van der Waals surface area contributed by atoms with E-state index in [1.165, 1.54) is 23.8 Å². The maximum absolute atomic E-state index is 12.6. The van der Waals surface area contributed by atoms with E-state index in [4.69, 9.17) is 9.47 Å². The van der Waals surface area contributed by atoms with Crippen LogP contribution in [0.15, 0.2) is 53.3 Å². The number of fused-ring (bicyclic) bond motifs is 1. The predicted molar refractivity (Wildman–Crippen MR) is 142 cm³/mol. The summed E-state index contributed by atoms with van der Waals surface area (Å²) in [5.41, 5.74) is 1.43. The molecule has 0 saturated carbocycles. The average molecular weight is 495 g/mol. The minimum Gasteiger partial charge on any atom is -0.486 e. The van der Waals surface area contributed by atoms with Crippen molar-refractivity contribution in [3.05, 3.63) is 70.3 Å². The molecule has 194 valence electrons. The summed E-state index contributed by atoms with van der Waals surface area (Å²) in [6.45, 7) is 4.77. The normalized spacial score (nSPS) is 13.0.